The van der Waals surface area contributed by atoms with E-state index in [4.69, 9.17) is 11.6 Å². The van der Waals surface area contributed by atoms with Crippen molar-refractivity contribution in [2.24, 2.45) is 0 Å². The maximum atomic E-state index is 13.9. The Morgan fingerprint density at radius 2 is 1.93 bits per heavy atom. The van der Waals surface area contributed by atoms with Crippen molar-refractivity contribution < 1.29 is 14.0 Å². The summed E-state index contributed by atoms with van der Waals surface area (Å²) in [4.78, 5) is 26.4. The van der Waals surface area contributed by atoms with Crippen molar-refractivity contribution in [1.29, 1.82) is 0 Å². The molecule has 0 spiro atoms. The Bertz CT molecular complexity index is 871. The summed E-state index contributed by atoms with van der Waals surface area (Å²) < 4.78 is 15.6. The van der Waals surface area contributed by atoms with E-state index < -0.39 is 5.82 Å². The van der Waals surface area contributed by atoms with Crippen LogP contribution in [0.4, 0.5) is 4.39 Å². The number of hydrogen-bond donors (Lipinski definition) is 1. The van der Waals surface area contributed by atoms with Crippen LogP contribution in [-0.2, 0) is 11.2 Å². The van der Waals surface area contributed by atoms with Crippen LogP contribution < -0.4 is 5.32 Å². The zero-order valence-corrected chi connectivity index (χ0v) is 18.0. The predicted octanol–water partition coefficient (Wildman–Crippen LogP) is 3.40. The van der Waals surface area contributed by atoms with E-state index in [1.807, 2.05) is 13.8 Å². The van der Waals surface area contributed by atoms with Crippen LogP contribution in [-0.4, -0.2) is 50.8 Å². The molecule has 0 radical (unpaired) electrons. The molecule has 30 heavy (non-hydrogen) atoms. The van der Waals surface area contributed by atoms with Gasteiger partial charge in [0.25, 0.3) is 5.91 Å². The number of aromatic nitrogens is 3. The maximum Gasteiger partial charge on any atom is 0.276 e. The molecular weight excluding hydrogens is 409 g/mol. The SMILES string of the molecule is CCN(CC)C(=O)c1cn(C2CCC(NC(=O)Cc3c(F)cccc3Cl)CC2)nn1. The monoisotopic (exact) mass is 435 g/mol. The highest BCUT2D eigenvalue weighted by Gasteiger charge is 2.26. The van der Waals surface area contributed by atoms with Crippen molar-refractivity contribution in [3.63, 3.8) is 0 Å². The number of hydrogen-bond acceptors (Lipinski definition) is 4. The number of carbonyl (C=O) groups is 2. The van der Waals surface area contributed by atoms with Crippen molar-refractivity contribution in [2.75, 3.05) is 13.1 Å². The van der Waals surface area contributed by atoms with Crippen molar-refractivity contribution in [2.45, 2.75) is 58.0 Å². The fraction of sp³-hybridized carbons (Fsp3) is 0.524. The van der Waals surface area contributed by atoms with Crippen LogP contribution in [0.3, 0.4) is 0 Å². The fourth-order valence-electron chi connectivity index (χ4n) is 3.85. The molecule has 1 aromatic heterocycles. The summed E-state index contributed by atoms with van der Waals surface area (Å²) >= 11 is 6.00. The largest absolute Gasteiger partial charge is 0.353 e. The van der Waals surface area contributed by atoms with Gasteiger partial charge in [0.1, 0.15) is 5.82 Å². The molecule has 1 aliphatic rings. The van der Waals surface area contributed by atoms with Gasteiger partial charge in [0.15, 0.2) is 5.69 Å². The van der Waals surface area contributed by atoms with E-state index in [-0.39, 0.29) is 40.9 Å². The van der Waals surface area contributed by atoms with E-state index in [0.717, 1.165) is 25.7 Å². The number of amides is 2. The van der Waals surface area contributed by atoms with E-state index in [0.29, 0.717) is 18.8 Å². The number of rotatable bonds is 7. The third-order valence-electron chi connectivity index (χ3n) is 5.62. The van der Waals surface area contributed by atoms with Gasteiger partial charge in [0, 0.05) is 29.7 Å². The molecular formula is C21H27ClFN5O2. The molecule has 1 aliphatic carbocycles. The molecule has 1 N–H and O–H groups in total. The van der Waals surface area contributed by atoms with Crippen LogP contribution in [0.5, 0.6) is 0 Å². The molecule has 0 aliphatic heterocycles. The normalized spacial score (nSPS) is 18.8. The van der Waals surface area contributed by atoms with Crippen molar-refractivity contribution >= 4 is 23.4 Å². The van der Waals surface area contributed by atoms with E-state index in [2.05, 4.69) is 15.6 Å². The van der Waals surface area contributed by atoms with E-state index in [1.165, 1.54) is 12.1 Å². The number of carbonyl (C=O) groups excluding carboxylic acids is 2. The van der Waals surface area contributed by atoms with Crippen molar-refractivity contribution in [3.8, 4) is 0 Å². The van der Waals surface area contributed by atoms with Gasteiger partial charge in [0.05, 0.1) is 18.7 Å². The van der Waals surface area contributed by atoms with Crippen LogP contribution in [0.25, 0.3) is 0 Å². The topological polar surface area (TPSA) is 80.1 Å². The number of nitrogens with one attached hydrogen (secondary N) is 1. The molecule has 1 heterocycles. The molecule has 2 amide bonds. The molecule has 0 saturated heterocycles. The predicted molar refractivity (Wildman–Crippen MR) is 112 cm³/mol. The highest BCUT2D eigenvalue weighted by atomic mass is 35.5. The second-order valence-corrected chi connectivity index (χ2v) is 7.92. The van der Waals surface area contributed by atoms with E-state index in [1.54, 1.807) is 21.8 Å². The summed E-state index contributed by atoms with van der Waals surface area (Å²) in [6, 6.07) is 4.57. The van der Waals surface area contributed by atoms with Crippen molar-refractivity contribution in [1.82, 2.24) is 25.2 Å². The summed E-state index contributed by atoms with van der Waals surface area (Å²) in [6.07, 6.45) is 4.82. The molecule has 2 aromatic rings. The van der Waals surface area contributed by atoms with E-state index in [9.17, 15) is 14.0 Å². The van der Waals surface area contributed by atoms with Crippen LogP contribution >= 0.6 is 11.6 Å². The van der Waals surface area contributed by atoms with Crippen LogP contribution in [0.15, 0.2) is 24.4 Å². The van der Waals surface area contributed by atoms with Gasteiger partial charge >= 0.3 is 0 Å². The van der Waals surface area contributed by atoms with E-state index >= 15 is 0 Å². The van der Waals surface area contributed by atoms with Gasteiger partial charge in [-0.05, 0) is 51.7 Å². The Labute approximate surface area is 180 Å². The molecule has 0 atom stereocenters. The minimum absolute atomic E-state index is 0.0274. The number of halogens is 2. The highest BCUT2D eigenvalue weighted by Crippen LogP contribution is 2.28. The lowest BCUT2D eigenvalue weighted by Gasteiger charge is -2.29. The van der Waals surface area contributed by atoms with Gasteiger partial charge in [-0.25, -0.2) is 9.07 Å². The summed E-state index contributed by atoms with van der Waals surface area (Å²) in [6.45, 7) is 5.12. The maximum absolute atomic E-state index is 13.9. The zero-order valence-electron chi connectivity index (χ0n) is 17.3. The molecule has 9 heteroatoms. The van der Waals surface area contributed by atoms with Crippen molar-refractivity contribution in [3.05, 3.63) is 46.5 Å². The first-order chi connectivity index (χ1) is 14.4. The molecule has 162 valence electrons. The quantitative estimate of drug-likeness (QED) is 0.722. The second-order valence-electron chi connectivity index (χ2n) is 7.51. The number of benzene rings is 1. The summed E-state index contributed by atoms with van der Waals surface area (Å²) in [7, 11) is 0. The van der Waals surface area contributed by atoms with Gasteiger partial charge in [-0.15, -0.1) is 5.10 Å². The van der Waals surface area contributed by atoms with Crippen LogP contribution in [0.1, 0.15) is 61.6 Å². The summed E-state index contributed by atoms with van der Waals surface area (Å²) in [5.41, 5.74) is 0.578. The smallest absolute Gasteiger partial charge is 0.276 e. The lowest BCUT2D eigenvalue weighted by molar-refractivity contribution is -0.121. The Balaban J connectivity index is 1.52. The molecule has 7 nitrogen and oxygen atoms in total. The Hall–Kier alpha value is -2.48. The van der Waals surface area contributed by atoms with Gasteiger partial charge < -0.3 is 10.2 Å². The molecule has 0 unspecified atom stereocenters. The average Bonchev–Trinajstić information content (AvgIpc) is 3.22. The third-order valence-corrected chi connectivity index (χ3v) is 5.97. The first kappa shape index (κ1) is 22.2. The van der Waals surface area contributed by atoms with Crippen LogP contribution in [0, 0.1) is 5.82 Å². The molecule has 1 aromatic carbocycles. The third kappa shape index (κ3) is 5.16. The minimum Gasteiger partial charge on any atom is -0.353 e. The first-order valence-electron chi connectivity index (χ1n) is 10.4. The summed E-state index contributed by atoms with van der Waals surface area (Å²) in [5.74, 6) is -0.820. The van der Waals surface area contributed by atoms with Crippen LogP contribution in [0.2, 0.25) is 5.02 Å². The Morgan fingerprint density at radius 1 is 1.23 bits per heavy atom. The Morgan fingerprint density at radius 3 is 2.57 bits per heavy atom. The Kier molecular flexibility index (Phi) is 7.42. The molecule has 1 fully saturated rings. The lowest BCUT2D eigenvalue weighted by Crippen LogP contribution is -2.39. The average molecular weight is 436 g/mol. The zero-order chi connectivity index (χ0) is 21.7. The molecule has 3 rings (SSSR count). The standard InChI is InChI=1S/C21H27ClFN5O2/c1-3-27(4-2)21(30)19-13-28(26-25-19)15-10-8-14(9-11-15)24-20(29)12-16-17(22)6-5-7-18(16)23/h5-7,13-15H,3-4,8-12H2,1-2H3,(H,24,29). The minimum atomic E-state index is -0.470. The van der Waals surface area contributed by atoms with Gasteiger partial charge in [-0.1, -0.05) is 22.9 Å². The first-order valence-corrected chi connectivity index (χ1v) is 10.7. The second kappa shape index (κ2) is 10.0. The highest BCUT2D eigenvalue weighted by molar-refractivity contribution is 6.31. The lowest BCUT2D eigenvalue weighted by atomic mass is 9.91. The van der Waals surface area contributed by atoms with Gasteiger partial charge in [0.2, 0.25) is 5.91 Å². The van der Waals surface area contributed by atoms with Gasteiger partial charge in [-0.3, -0.25) is 9.59 Å². The molecule has 1 saturated carbocycles. The summed E-state index contributed by atoms with van der Waals surface area (Å²) in [5, 5.41) is 11.4. The fourth-order valence-corrected chi connectivity index (χ4v) is 4.08. The number of nitrogens with zero attached hydrogens (tertiary/aromatic N) is 4. The molecule has 0 bridgehead atoms. The van der Waals surface area contributed by atoms with Gasteiger partial charge in [-0.2, -0.15) is 0 Å².